The summed E-state index contributed by atoms with van der Waals surface area (Å²) in [6.45, 7) is 4.06. The quantitative estimate of drug-likeness (QED) is 0.639. The van der Waals surface area contributed by atoms with Crippen LogP contribution in [0.3, 0.4) is 0 Å². The lowest BCUT2D eigenvalue weighted by Gasteiger charge is -2.16. The average molecular weight is 267 g/mol. The molecule has 0 spiro atoms. The van der Waals surface area contributed by atoms with Crippen LogP contribution in [0, 0.1) is 5.92 Å². The van der Waals surface area contributed by atoms with Gasteiger partial charge in [0.05, 0.1) is 16.8 Å². The second kappa shape index (κ2) is 4.98. The van der Waals surface area contributed by atoms with Gasteiger partial charge in [-0.1, -0.05) is 19.9 Å². The van der Waals surface area contributed by atoms with Gasteiger partial charge in [-0.3, -0.25) is 9.59 Å². The average Bonchev–Trinajstić information content (AvgIpc) is 2.43. The maximum absolute atomic E-state index is 11.5. The molecule has 0 aromatic heterocycles. The molecule has 0 bridgehead atoms. The lowest BCUT2D eigenvalue weighted by molar-refractivity contribution is -0.123. The standard InChI is InChI=1S/C13H15ClN2O2/c1-7(2)13(14)8-3-4-9-10(5-8)16-12(18)6-11(17)15-9/h3-5,7,13H,6H2,1-2H3,(H,15,17)(H,16,18). The zero-order valence-electron chi connectivity index (χ0n) is 10.3. The molecule has 96 valence electrons. The highest BCUT2D eigenvalue weighted by Crippen LogP contribution is 2.34. The van der Waals surface area contributed by atoms with Crippen molar-refractivity contribution in [2.75, 3.05) is 10.6 Å². The van der Waals surface area contributed by atoms with Crippen LogP contribution in [0.2, 0.25) is 0 Å². The highest BCUT2D eigenvalue weighted by Gasteiger charge is 2.20. The maximum atomic E-state index is 11.5. The van der Waals surface area contributed by atoms with E-state index in [9.17, 15) is 9.59 Å². The molecule has 1 aromatic carbocycles. The van der Waals surface area contributed by atoms with Crippen molar-refractivity contribution in [3.05, 3.63) is 23.8 Å². The SMILES string of the molecule is CC(C)C(Cl)c1ccc2c(c1)NC(=O)CC(=O)N2. The molecule has 0 saturated carbocycles. The topological polar surface area (TPSA) is 58.2 Å². The monoisotopic (exact) mass is 266 g/mol. The van der Waals surface area contributed by atoms with Crippen molar-refractivity contribution in [2.45, 2.75) is 25.6 Å². The third kappa shape index (κ3) is 2.64. The molecule has 2 rings (SSSR count). The van der Waals surface area contributed by atoms with Gasteiger partial charge in [-0.05, 0) is 23.6 Å². The van der Waals surface area contributed by atoms with E-state index < -0.39 is 0 Å². The molecule has 1 aliphatic heterocycles. The fourth-order valence-corrected chi connectivity index (χ4v) is 2.00. The summed E-state index contributed by atoms with van der Waals surface area (Å²) in [5.41, 5.74) is 2.15. The minimum absolute atomic E-state index is 0.119. The third-order valence-electron chi connectivity index (χ3n) is 2.82. The van der Waals surface area contributed by atoms with Crippen LogP contribution in [0.4, 0.5) is 11.4 Å². The first kappa shape index (κ1) is 12.9. The summed E-state index contributed by atoms with van der Waals surface area (Å²) >= 11 is 6.29. The molecule has 0 saturated heterocycles. The van der Waals surface area contributed by atoms with Crippen LogP contribution in [0.25, 0.3) is 0 Å². The van der Waals surface area contributed by atoms with Gasteiger partial charge >= 0.3 is 0 Å². The van der Waals surface area contributed by atoms with E-state index in [0.29, 0.717) is 17.3 Å². The van der Waals surface area contributed by atoms with E-state index in [-0.39, 0.29) is 23.6 Å². The highest BCUT2D eigenvalue weighted by molar-refractivity contribution is 6.21. The molecule has 2 amide bonds. The Morgan fingerprint density at radius 2 is 1.72 bits per heavy atom. The number of halogens is 1. The van der Waals surface area contributed by atoms with Gasteiger partial charge in [-0.15, -0.1) is 11.6 Å². The molecule has 0 fully saturated rings. The molecule has 1 heterocycles. The Hall–Kier alpha value is -1.55. The summed E-state index contributed by atoms with van der Waals surface area (Å²) in [6, 6.07) is 5.46. The van der Waals surface area contributed by atoms with Gasteiger partial charge in [-0.2, -0.15) is 0 Å². The zero-order chi connectivity index (χ0) is 13.3. The summed E-state index contributed by atoms with van der Waals surface area (Å²) < 4.78 is 0. The zero-order valence-corrected chi connectivity index (χ0v) is 11.0. The lowest BCUT2D eigenvalue weighted by atomic mass is 10.0. The molecule has 5 heteroatoms. The van der Waals surface area contributed by atoms with Crippen LogP contribution in [0.5, 0.6) is 0 Å². The first-order chi connectivity index (χ1) is 8.47. The second-order valence-corrected chi connectivity index (χ2v) is 5.19. The molecular formula is C13H15ClN2O2. The van der Waals surface area contributed by atoms with Crippen molar-refractivity contribution >= 4 is 34.8 Å². The van der Waals surface area contributed by atoms with Crippen molar-refractivity contribution in [3.8, 4) is 0 Å². The molecular weight excluding hydrogens is 252 g/mol. The van der Waals surface area contributed by atoms with Crippen molar-refractivity contribution in [1.29, 1.82) is 0 Å². The minimum atomic E-state index is -0.306. The van der Waals surface area contributed by atoms with Crippen molar-refractivity contribution < 1.29 is 9.59 Å². The van der Waals surface area contributed by atoms with Gasteiger partial charge in [0, 0.05) is 0 Å². The number of benzene rings is 1. The van der Waals surface area contributed by atoms with Crippen LogP contribution in [0.1, 0.15) is 31.2 Å². The van der Waals surface area contributed by atoms with Crippen molar-refractivity contribution in [3.63, 3.8) is 0 Å². The number of hydrogen-bond acceptors (Lipinski definition) is 2. The second-order valence-electron chi connectivity index (χ2n) is 4.72. The van der Waals surface area contributed by atoms with Crippen LogP contribution >= 0.6 is 11.6 Å². The summed E-state index contributed by atoms with van der Waals surface area (Å²) in [6.07, 6.45) is -0.154. The van der Waals surface area contributed by atoms with Crippen LogP contribution in [-0.2, 0) is 9.59 Å². The van der Waals surface area contributed by atoms with E-state index in [1.54, 1.807) is 6.07 Å². The van der Waals surface area contributed by atoms with E-state index in [1.165, 1.54) is 0 Å². The molecule has 0 aliphatic carbocycles. The predicted molar refractivity (Wildman–Crippen MR) is 71.8 cm³/mol. The maximum Gasteiger partial charge on any atom is 0.233 e. The van der Waals surface area contributed by atoms with Gasteiger partial charge < -0.3 is 10.6 Å². The van der Waals surface area contributed by atoms with E-state index in [0.717, 1.165) is 5.56 Å². The molecule has 4 nitrogen and oxygen atoms in total. The van der Waals surface area contributed by atoms with Crippen LogP contribution in [-0.4, -0.2) is 11.8 Å². The molecule has 2 N–H and O–H groups in total. The largest absolute Gasteiger partial charge is 0.324 e. The number of anilines is 2. The lowest BCUT2D eigenvalue weighted by Crippen LogP contribution is -2.16. The smallest absolute Gasteiger partial charge is 0.233 e. The molecule has 1 atom stereocenters. The number of amides is 2. The molecule has 1 unspecified atom stereocenters. The molecule has 18 heavy (non-hydrogen) atoms. The Kier molecular flexibility index (Phi) is 3.57. The number of fused-ring (bicyclic) bond motifs is 1. The Morgan fingerprint density at radius 3 is 2.33 bits per heavy atom. The Labute approximate surface area is 111 Å². The predicted octanol–water partition coefficient (Wildman–Crippen LogP) is 2.90. The Balaban J connectivity index is 2.37. The van der Waals surface area contributed by atoms with Gasteiger partial charge in [0.15, 0.2) is 0 Å². The summed E-state index contributed by atoms with van der Waals surface area (Å²) in [4.78, 5) is 22.9. The number of hydrogen-bond donors (Lipinski definition) is 2. The summed E-state index contributed by atoms with van der Waals surface area (Å²) in [5, 5.41) is 5.27. The van der Waals surface area contributed by atoms with E-state index >= 15 is 0 Å². The number of carbonyl (C=O) groups excluding carboxylic acids is 2. The summed E-state index contributed by atoms with van der Waals surface area (Å²) in [5.74, 6) is -0.315. The number of rotatable bonds is 2. The first-order valence-corrected chi connectivity index (χ1v) is 6.28. The Bertz CT molecular complexity index is 500. The van der Waals surface area contributed by atoms with Gasteiger partial charge in [0.2, 0.25) is 11.8 Å². The fourth-order valence-electron chi connectivity index (χ4n) is 1.87. The first-order valence-electron chi connectivity index (χ1n) is 5.85. The number of alkyl halides is 1. The van der Waals surface area contributed by atoms with Crippen LogP contribution in [0.15, 0.2) is 18.2 Å². The Morgan fingerprint density at radius 1 is 1.11 bits per heavy atom. The van der Waals surface area contributed by atoms with Gasteiger partial charge in [0.25, 0.3) is 0 Å². The van der Waals surface area contributed by atoms with E-state index in [2.05, 4.69) is 10.6 Å². The minimum Gasteiger partial charge on any atom is -0.324 e. The van der Waals surface area contributed by atoms with Gasteiger partial charge in [-0.25, -0.2) is 0 Å². The number of carbonyl (C=O) groups is 2. The number of nitrogens with one attached hydrogen (secondary N) is 2. The highest BCUT2D eigenvalue weighted by atomic mass is 35.5. The summed E-state index contributed by atoms with van der Waals surface area (Å²) in [7, 11) is 0. The molecule has 1 aromatic rings. The molecule has 1 aliphatic rings. The normalized spacial score (nSPS) is 16.7. The molecule has 0 radical (unpaired) electrons. The van der Waals surface area contributed by atoms with Crippen LogP contribution < -0.4 is 10.6 Å². The van der Waals surface area contributed by atoms with Crippen molar-refractivity contribution in [2.24, 2.45) is 5.92 Å². The fraction of sp³-hybridized carbons (Fsp3) is 0.385. The van der Waals surface area contributed by atoms with Gasteiger partial charge in [0.1, 0.15) is 6.42 Å². The van der Waals surface area contributed by atoms with E-state index in [1.807, 2.05) is 26.0 Å². The van der Waals surface area contributed by atoms with Crippen molar-refractivity contribution in [1.82, 2.24) is 0 Å². The third-order valence-corrected chi connectivity index (χ3v) is 3.57. The van der Waals surface area contributed by atoms with E-state index in [4.69, 9.17) is 11.6 Å².